The third kappa shape index (κ3) is 6.99. The minimum Gasteiger partial charge on any atom is -0.452 e. The number of carbonyl (C=O) groups excluding carboxylic acids is 3. The molecule has 0 spiro atoms. The summed E-state index contributed by atoms with van der Waals surface area (Å²) in [6.07, 6.45) is 0. The van der Waals surface area contributed by atoms with Gasteiger partial charge in [-0.15, -0.1) is 0 Å². The van der Waals surface area contributed by atoms with Crippen LogP contribution in [-0.2, 0) is 26.1 Å². The first kappa shape index (κ1) is 24.6. The molecule has 0 aliphatic rings. The summed E-state index contributed by atoms with van der Waals surface area (Å²) in [6, 6.07) is 21.0. The summed E-state index contributed by atoms with van der Waals surface area (Å²) in [6.45, 7) is 1.30. The van der Waals surface area contributed by atoms with Crippen molar-refractivity contribution in [3.63, 3.8) is 0 Å². The Morgan fingerprint density at radius 3 is 2.24 bits per heavy atom. The lowest BCUT2D eigenvalue weighted by Gasteiger charge is -2.10. The maximum atomic E-state index is 12.6. The van der Waals surface area contributed by atoms with Crippen LogP contribution in [0.15, 0.2) is 83.8 Å². The van der Waals surface area contributed by atoms with Crippen LogP contribution in [0.2, 0.25) is 0 Å². The lowest BCUT2D eigenvalue weighted by molar-refractivity contribution is -0.125. The monoisotopic (exact) mass is 481 g/mol. The van der Waals surface area contributed by atoms with Gasteiger partial charge in [-0.2, -0.15) is 0 Å². The van der Waals surface area contributed by atoms with Gasteiger partial charge in [-0.3, -0.25) is 20.4 Å². The molecule has 0 unspecified atom stereocenters. The number of nitrogens with one attached hydrogen (secondary N) is 3. The van der Waals surface area contributed by atoms with Crippen LogP contribution in [0, 0.1) is 6.92 Å². The van der Waals surface area contributed by atoms with E-state index in [0.717, 1.165) is 17.2 Å². The van der Waals surface area contributed by atoms with Crippen LogP contribution >= 0.6 is 0 Å². The molecule has 9 nitrogen and oxygen atoms in total. The number of hydrazine groups is 1. The fraction of sp³-hybridized carbons (Fsp3) is 0.125. The van der Waals surface area contributed by atoms with Crippen molar-refractivity contribution in [2.45, 2.75) is 18.4 Å². The zero-order chi connectivity index (χ0) is 24.6. The summed E-state index contributed by atoms with van der Waals surface area (Å²) < 4.78 is 32.5. The maximum Gasteiger partial charge on any atom is 0.338 e. The SMILES string of the molecule is Cc1ccc(C(=O)NNC(=O)COC(=O)c2cccc(S(=O)(=O)NCc3ccccc3)c2)cc1. The van der Waals surface area contributed by atoms with Gasteiger partial charge in [-0.1, -0.05) is 54.1 Å². The van der Waals surface area contributed by atoms with Gasteiger partial charge >= 0.3 is 5.97 Å². The average Bonchev–Trinajstić information content (AvgIpc) is 2.85. The Balaban J connectivity index is 1.51. The Hall–Kier alpha value is -4.02. The lowest BCUT2D eigenvalue weighted by Crippen LogP contribution is -2.43. The van der Waals surface area contributed by atoms with Crippen molar-refractivity contribution in [1.29, 1.82) is 0 Å². The van der Waals surface area contributed by atoms with Gasteiger partial charge in [0.25, 0.3) is 11.8 Å². The molecule has 0 aliphatic carbocycles. The first-order chi connectivity index (χ1) is 16.2. The van der Waals surface area contributed by atoms with Crippen LogP contribution in [0.25, 0.3) is 0 Å². The van der Waals surface area contributed by atoms with E-state index < -0.39 is 34.4 Å². The smallest absolute Gasteiger partial charge is 0.338 e. The molecule has 0 heterocycles. The number of rotatable bonds is 8. The minimum atomic E-state index is -3.88. The van der Waals surface area contributed by atoms with E-state index in [1.807, 2.05) is 13.0 Å². The lowest BCUT2D eigenvalue weighted by atomic mass is 10.1. The van der Waals surface area contributed by atoms with Crippen LogP contribution in [0.5, 0.6) is 0 Å². The Bertz CT molecular complexity index is 1280. The van der Waals surface area contributed by atoms with Crippen molar-refractivity contribution in [2.75, 3.05) is 6.61 Å². The minimum absolute atomic E-state index is 0.0425. The number of benzene rings is 3. The topological polar surface area (TPSA) is 131 Å². The second-order valence-corrected chi connectivity index (χ2v) is 9.05. The fourth-order valence-electron chi connectivity index (χ4n) is 2.80. The molecule has 0 fully saturated rings. The summed E-state index contributed by atoms with van der Waals surface area (Å²) >= 11 is 0. The molecule has 0 saturated heterocycles. The van der Waals surface area contributed by atoms with E-state index in [1.54, 1.807) is 48.5 Å². The first-order valence-electron chi connectivity index (χ1n) is 10.2. The van der Waals surface area contributed by atoms with E-state index >= 15 is 0 Å². The van der Waals surface area contributed by atoms with Gasteiger partial charge < -0.3 is 4.74 Å². The molecule has 3 N–H and O–H groups in total. The van der Waals surface area contributed by atoms with Crippen LogP contribution in [0.3, 0.4) is 0 Å². The van der Waals surface area contributed by atoms with E-state index in [9.17, 15) is 22.8 Å². The van der Waals surface area contributed by atoms with Crippen molar-refractivity contribution in [2.24, 2.45) is 0 Å². The van der Waals surface area contributed by atoms with E-state index in [0.29, 0.717) is 5.56 Å². The van der Waals surface area contributed by atoms with Gasteiger partial charge in [-0.05, 0) is 42.8 Å². The Kier molecular flexibility index (Phi) is 8.12. The average molecular weight is 482 g/mol. The van der Waals surface area contributed by atoms with E-state index in [4.69, 9.17) is 4.74 Å². The molecule has 176 valence electrons. The highest BCUT2D eigenvalue weighted by Crippen LogP contribution is 2.13. The summed E-state index contributed by atoms with van der Waals surface area (Å²) in [7, 11) is -3.88. The van der Waals surface area contributed by atoms with E-state index in [-0.39, 0.29) is 17.0 Å². The molecule has 3 aromatic rings. The molecule has 0 bridgehead atoms. The zero-order valence-electron chi connectivity index (χ0n) is 18.3. The first-order valence-corrected chi connectivity index (χ1v) is 11.7. The summed E-state index contributed by atoms with van der Waals surface area (Å²) in [4.78, 5) is 36.1. The van der Waals surface area contributed by atoms with Gasteiger partial charge in [0.2, 0.25) is 10.0 Å². The fourth-order valence-corrected chi connectivity index (χ4v) is 3.87. The number of aryl methyl sites for hydroxylation is 1. The standard InChI is InChI=1S/C24H23N3O6S/c1-17-10-12-19(13-11-17)23(29)27-26-22(28)16-33-24(30)20-8-5-9-21(14-20)34(31,32)25-15-18-6-3-2-4-7-18/h2-14,25H,15-16H2,1H3,(H,26,28)(H,27,29). The van der Waals surface area contributed by atoms with E-state index in [2.05, 4.69) is 15.6 Å². The van der Waals surface area contributed by atoms with Crippen molar-refractivity contribution >= 4 is 27.8 Å². The summed E-state index contributed by atoms with van der Waals surface area (Å²) in [5, 5.41) is 0. The zero-order valence-corrected chi connectivity index (χ0v) is 19.1. The molecule has 0 aromatic heterocycles. The molecule has 3 aromatic carbocycles. The highest BCUT2D eigenvalue weighted by atomic mass is 32.2. The number of ether oxygens (including phenoxy) is 1. The van der Waals surface area contributed by atoms with Gasteiger partial charge in [0.05, 0.1) is 10.5 Å². The third-order valence-electron chi connectivity index (χ3n) is 4.65. The quantitative estimate of drug-likeness (QED) is 0.334. The van der Waals surface area contributed by atoms with Gasteiger partial charge in [0.15, 0.2) is 6.61 Å². The number of hydrogen-bond donors (Lipinski definition) is 3. The molecular weight excluding hydrogens is 458 g/mol. The predicted molar refractivity (Wildman–Crippen MR) is 124 cm³/mol. The molecule has 0 saturated carbocycles. The van der Waals surface area contributed by atoms with Gasteiger partial charge in [0.1, 0.15) is 0 Å². The predicted octanol–water partition coefficient (Wildman–Crippen LogP) is 2.09. The summed E-state index contributed by atoms with van der Waals surface area (Å²) in [5.41, 5.74) is 6.44. The molecule has 0 aliphatic heterocycles. The molecule has 34 heavy (non-hydrogen) atoms. The van der Waals surface area contributed by atoms with Crippen LogP contribution in [0.4, 0.5) is 0 Å². The second-order valence-electron chi connectivity index (χ2n) is 7.28. The third-order valence-corrected chi connectivity index (χ3v) is 6.05. The van der Waals surface area contributed by atoms with Crippen molar-refractivity contribution in [3.05, 3.63) is 101 Å². The molecule has 3 rings (SSSR count). The van der Waals surface area contributed by atoms with Crippen LogP contribution in [-0.4, -0.2) is 32.8 Å². The highest BCUT2D eigenvalue weighted by molar-refractivity contribution is 7.89. The maximum absolute atomic E-state index is 12.6. The largest absolute Gasteiger partial charge is 0.452 e. The van der Waals surface area contributed by atoms with Crippen LogP contribution < -0.4 is 15.6 Å². The number of sulfonamides is 1. The van der Waals surface area contributed by atoms with Crippen LogP contribution in [0.1, 0.15) is 31.8 Å². The van der Waals surface area contributed by atoms with E-state index in [1.165, 1.54) is 18.2 Å². The Morgan fingerprint density at radius 1 is 0.824 bits per heavy atom. The normalized spacial score (nSPS) is 10.9. The molecule has 0 radical (unpaired) electrons. The van der Waals surface area contributed by atoms with Crippen molar-refractivity contribution < 1.29 is 27.5 Å². The molecule has 2 amide bonds. The molecular formula is C24H23N3O6S. The van der Waals surface area contributed by atoms with Crippen molar-refractivity contribution in [3.8, 4) is 0 Å². The van der Waals surface area contributed by atoms with Gasteiger partial charge in [0, 0.05) is 12.1 Å². The highest BCUT2D eigenvalue weighted by Gasteiger charge is 2.17. The Morgan fingerprint density at radius 2 is 1.53 bits per heavy atom. The number of hydrogen-bond acceptors (Lipinski definition) is 6. The second kappa shape index (κ2) is 11.2. The number of amides is 2. The molecule has 10 heteroatoms. The number of carbonyl (C=O) groups is 3. The molecule has 0 atom stereocenters. The van der Waals surface area contributed by atoms with Gasteiger partial charge in [-0.25, -0.2) is 17.9 Å². The van der Waals surface area contributed by atoms with Crippen molar-refractivity contribution in [1.82, 2.24) is 15.6 Å². The number of esters is 1. The summed E-state index contributed by atoms with van der Waals surface area (Å²) in [5.74, 6) is -2.18. The Labute approximate surface area is 197 Å².